The zero-order chi connectivity index (χ0) is 12.8. The molecule has 0 fully saturated rings. The monoisotopic (exact) mass is 246 g/mol. The highest BCUT2D eigenvalue weighted by Gasteiger charge is 2.01. The van der Waals surface area contributed by atoms with E-state index < -0.39 is 5.69 Å². The molecule has 2 aromatic rings. The van der Waals surface area contributed by atoms with Gasteiger partial charge >= 0.3 is 5.69 Å². The summed E-state index contributed by atoms with van der Waals surface area (Å²) >= 11 is 0. The van der Waals surface area contributed by atoms with Crippen LogP contribution in [0.2, 0.25) is 0 Å². The maximum Gasteiger partial charge on any atom is 0.349 e. The summed E-state index contributed by atoms with van der Waals surface area (Å²) in [5.41, 5.74) is 0.689. The molecule has 0 aliphatic carbocycles. The van der Waals surface area contributed by atoms with Crippen LogP contribution in [0.1, 0.15) is 5.56 Å². The van der Waals surface area contributed by atoms with Crippen LogP contribution >= 0.6 is 0 Å². The Kier molecular flexibility index (Phi) is 3.90. The summed E-state index contributed by atoms with van der Waals surface area (Å²) in [5.74, 6) is 1.28. The number of anilines is 1. The first-order valence-electron chi connectivity index (χ1n) is 5.56. The topological polar surface area (TPSA) is 79.9 Å². The van der Waals surface area contributed by atoms with E-state index >= 15 is 0 Å². The Morgan fingerprint density at radius 3 is 2.94 bits per heavy atom. The van der Waals surface area contributed by atoms with E-state index in [1.807, 2.05) is 24.3 Å². The van der Waals surface area contributed by atoms with Crippen molar-refractivity contribution in [2.45, 2.75) is 6.42 Å². The molecular weight excluding hydrogens is 232 g/mol. The molecule has 94 valence electrons. The molecule has 2 rings (SSSR count). The average molecular weight is 246 g/mol. The van der Waals surface area contributed by atoms with Crippen LogP contribution in [0.5, 0.6) is 5.75 Å². The zero-order valence-corrected chi connectivity index (χ0v) is 10.0. The second-order valence-electron chi connectivity index (χ2n) is 3.64. The van der Waals surface area contributed by atoms with Crippen molar-refractivity contribution in [2.75, 3.05) is 19.0 Å². The quantitative estimate of drug-likeness (QED) is 0.816. The number of nitrogens with zero attached hydrogens (tertiary/aromatic N) is 2. The molecule has 1 aromatic heterocycles. The van der Waals surface area contributed by atoms with E-state index in [0.29, 0.717) is 12.5 Å². The number of aromatic nitrogens is 3. The van der Waals surface area contributed by atoms with E-state index in [1.165, 1.54) is 6.33 Å². The van der Waals surface area contributed by atoms with Gasteiger partial charge in [-0.1, -0.05) is 18.2 Å². The summed E-state index contributed by atoms with van der Waals surface area (Å²) in [6.45, 7) is 0.646. The molecule has 0 spiro atoms. The molecule has 6 nitrogen and oxygen atoms in total. The zero-order valence-electron chi connectivity index (χ0n) is 10.0. The Balaban J connectivity index is 1.94. The van der Waals surface area contributed by atoms with Gasteiger partial charge in [-0.2, -0.15) is 4.98 Å². The van der Waals surface area contributed by atoms with Gasteiger partial charge in [0.15, 0.2) is 0 Å². The standard InChI is InChI=1S/C12H14N4O2/c1-18-10-5-3-2-4-9(10)6-7-13-11-14-8-15-12(17)16-11/h2-5,8H,6-7H2,1H3,(H2,13,14,15,16,17). The number of H-pyrrole nitrogens is 1. The number of rotatable bonds is 5. The minimum atomic E-state index is -0.412. The summed E-state index contributed by atoms with van der Waals surface area (Å²) in [5, 5.41) is 3.02. The SMILES string of the molecule is COc1ccccc1CCNc1ncnc(=O)[nH]1. The molecule has 2 N–H and O–H groups in total. The van der Waals surface area contributed by atoms with Gasteiger partial charge in [0.1, 0.15) is 12.1 Å². The molecule has 0 amide bonds. The first-order valence-corrected chi connectivity index (χ1v) is 5.56. The highest BCUT2D eigenvalue weighted by Crippen LogP contribution is 2.17. The molecule has 0 radical (unpaired) electrons. The van der Waals surface area contributed by atoms with Crippen LogP contribution in [-0.2, 0) is 6.42 Å². The van der Waals surface area contributed by atoms with Gasteiger partial charge < -0.3 is 10.1 Å². The van der Waals surface area contributed by atoms with Crippen LogP contribution in [0.3, 0.4) is 0 Å². The Hall–Kier alpha value is -2.37. The van der Waals surface area contributed by atoms with Crippen molar-refractivity contribution in [2.24, 2.45) is 0 Å². The summed E-state index contributed by atoms with van der Waals surface area (Å²) < 4.78 is 5.26. The normalized spacial score (nSPS) is 10.1. The lowest BCUT2D eigenvalue weighted by Gasteiger charge is -2.08. The summed E-state index contributed by atoms with van der Waals surface area (Å²) in [6.07, 6.45) is 2.00. The van der Waals surface area contributed by atoms with E-state index in [2.05, 4.69) is 20.3 Å². The van der Waals surface area contributed by atoms with Crippen molar-refractivity contribution in [3.8, 4) is 5.75 Å². The van der Waals surface area contributed by atoms with E-state index in [0.717, 1.165) is 17.7 Å². The lowest BCUT2D eigenvalue weighted by molar-refractivity contribution is 0.410. The maximum absolute atomic E-state index is 11.0. The highest BCUT2D eigenvalue weighted by atomic mass is 16.5. The van der Waals surface area contributed by atoms with Gasteiger partial charge in [-0.05, 0) is 18.1 Å². The minimum Gasteiger partial charge on any atom is -0.496 e. The van der Waals surface area contributed by atoms with Crippen LogP contribution in [-0.4, -0.2) is 28.6 Å². The van der Waals surface area contributed by atoms with Crippen LogP contribution < -0.4 is 15.7 Å². The molecule has 0 aliphatic rings. The summed E-state index contributed by atoms with van der Waals surface area (Å²) in [6, 6.07) is 7.81. The van der Waals surface area contributed by atoms with Crippen molar-refractivity contribution < 1.29 is 4.74 Å². The molecule has 0 saturated heterocycles. The van der Waals surface area contributed by atoms with Gasteiger partial charge in [-0.15, -0.1) is 0 Å². The average Bonchev–Trinajstić information content (AvgIpc) is 2.39. The molecule has 1 heterocycles. The van der Waals surface area contributed by atoms with Crippen LogP contribution in [0.15, 0.2) is 35.4 Å². The van der Waals surface area contributed by atoms with Gasteiger partial charge in [0.2, 0.25) is 5.95 Å². The van der Waals surface area contributed by atoms with Gasteiger partial charge in [0.05, 0.1) is 7.11 Å². The molecular formula is C12H14N4O2. The number of hydrogen-bond acceptors (Lipinski definition) is 5. The number of methoxy groups -OCH3 is 1. The molecule has 0 unspecified atom stereocenters. The van der Waals surface area contributed by atoms with Gasteiger partial charge in [0, 0.05) is 6.54 Å². The fourth-order valence-electron chi connectivity index (χ4n) is 1.62. The fourth-order valence-corrected chi connectivity index (χ4v) is 1.62. The van der Waals surface area contributed by atoms with Crippen LogP contribution in [0.25, 0.3) is 0 Å². The number of benzene rings is 1. The molecule has 18 heavy (non-hydrogen) atoms. The minimum absolute atomic E-state index is 0.412. The van der Waals surface area contributed by atoms with E-state index in [-0.39, 0.29) is 0 Å². The summed E-state index contributed by atoms with van der Waals surface area (Å²) in [4.78, 5) is 20.8. The molecule has 1 aromatic carbocycles. The summed E-state index contributed by atoms with van der Waals surface area (Å²) in [7, 11) is 1.65. The van der Waals surface area contributed by atoms with Gasteiger partial charge in [0.25, 0.3) is 0 Å². The molecule has 0 atom stereocenters. The van der Waals surface area contributed by atoms with Crippen LogP contribution in [0, 0.1) is 0 Å². The van der Waals surface area contributed by atoms with E-state index in [9.17, 15) is 4.79 Å². The second kappa shape index (κ2) is 5.81. The van der Waals surface area contributed by atoms with Gasteiger partial charge in [-0.3, -0.25) is 4.98 Å². The molecule has 0 aliphatic heterocycles. The van der Waals surface area contributed by atoms with Crippen LogP contribution in [0.4, 0.5) is 5.95 Å². The third kappa shape index (κ3) is 3.07. The van der Waals surface area contributed by atoms with Crippen molar-refractivity contribution in [1.82, 2.24) is 15.0 Å². The molecule has 6 heteroatoms. The largest absolute Gasteiger partial charge is 0.496 e. The lowest BCUT2D eigenvalue weighted by atomic mass is 10.1. The van der Waals surface area contributed by atoms with E-state index in [1.54, 1.807) is 7.11 Å². The fraction of sp³-hybridized carbons (Fsp3) is 0.250. The highest BCUT2D eigenvalue weighted by molar-refractivity contribution is 5.34. The number of nitrogens with one attached hydrogen (secondary N) is 2. The van der Waals surface area contributed by atoms with Gasteiger partial charge in [-0.25, -0.2) is 9.78 Å². The number of ether oxygens (including phenoxy) is 1. The molecule has 0 bridgehead atoms. The van der Waals surface area contributed by atoms with Crippen molar-refractivity contribution in [3.63, 3.8) is 0 Å². The Bertz CT molecular complexity index is 568. The van der Waals surface area contributed by atoms with Crippen molar-refractivity contribution in [1.29, 1.82) is 0 Å². The van der Waals surface area contributed by atoms with Crippen molar-refractivity contribution >= 4 is 5.95 Å². The Morgan fingerprint density at radius 1 is 1.33 bits per heavy atom. The first-order chi connectivity index (χ1) is 8.79. The Labute approximate surface area is 104 Å². The third-order valence-corrected chi connectivity index (χ3v) is 2.47. The third-order valence-electron chi connectivity index (χ3n) is 2.47. The predicted molar refractivity (Wildman–Crippen MR) is 67.8 cm³/mol. The molecule has 0 saturated carbocycles. The smallest absolute Gasteiger partial charge is 0.349 e. The van der Waals surface area contributed by atoms with Crippen molar-refractivity contribution in [3.05, 3.63) is 46.6 Å². The number of aromatic amines is 1. The lowest BCUT2D eigenvalue weighted by Crippen LogP contribution is -2.16. The second-order valence-corrected chi connectivity index (χ2v) is 3.64. The predicted octanol–water partition coefficient (Wildman–Crippen LogP) is 0.828. The number of hydrogen-bond donors (Lipinski definition) is 2. The Morgan fingerprint density at radius 2 is 2.17 bits per heavy atom. The van der Waals surface area contributed by atoms with E-state index in [4.69, 9.17) is 4.74 Å². The maximum atomic E-state index is 11.0. The first kappa shape index (κ1) is 12.1. The number of para-hydroxylation sites is 1.